The summed E-state index contributed by atoms with van der Waals surface area (Å²) < 4.78 is 65.8. The molecule has 1 heterocycles. The first-order chi connectivity index (χ1) is 11.6. The molecule has 0 aliphatic carbocycles. The van der Waals surface area contributed by atoms with Gasteiger partial charge in [-0.1, -0.05) is 12.1 Å². The zero-order valence-electron chi connectivity index (χ0n) is 13.5. The van der Waals surface area contributed by atoms with Crippen LogP contribution in [0.1, 0.15) is 12.8 Å². The Morgan fingerprint density at radius 1 is 1.44 bits per heavy atom. The zero-order valence-corrected chi connectivity index (χ0v) is 14.3. The summed E-state index contributed by atoms with van der Waals surface area (Å²) in [6.45, 7) is 0.544. The molecule has 1 aliphatic rings. The van der Waals surface area contributed by atoms with Crippen LogP contribution < -0.4 is 15.8 Å². The first-order valence-corrected chi connectivity index (χ1v) is 9.29. The van der Waals surface area contributed by atoms with Crippen molar-refractivity contribution in [3.63, 3.8) is 0 Å². The van der Waals surface area contributed by atoms with E-state index in [-0.39, 0.29) is 24.2 Å². The number of guanidine groups is 1. The molecular formula is C14H19F3N4O3S. The highest BCUT2D eigenvalue weighted by atomic mass is 32.2. The number of nitrogens with one attached hydrogen (secondary N) is 1. The highest BCUT2D eigenvalue weighted by molar-refractivity contribution is 7.88. The number of ether oxygens (including phenoxy) is 1. The van der Waals surface area contributed by atoms with Crippen LogP contribution in [0.2, 0.25) is 0 Å². The molecule has 1 saturated heterocycles. The maximum absolute atomic E-state index is 12.4. The smallest absolute Gasteiger partial charge is 0.404 e. The molecule has 7 nitrogen and oxygen atoms in total. The number of aliphatic imine (C=N–C) groups is 1. The fourth-order valence-electron chi connectivity index (χ4n) is 2.59. The molecule has 25 heavy (non-hydrogen) atoms. The molecule has 1 atom stereocenters. The Hall–Kier alpha value is -2.01. The van der Waals surface area contributed by atoms with Crippen LogP contribution in [0.15, 0.2) is 29.3 Å². The standard InChI is InChI=1S/C14H19F3N4O3S/c1-25(22,23)21-8-4-5-10(21)9-19-13(18)20-11-6-2-3-7-12(11)24-14(15,16)17/h2-3,6-7,10H,4-5,8-9H2,1H3,(H3,18,19,20)/t10-/m1/s1. The van der Waals surface area contributed by atoms with E-state index >= 15 is 0 Å². The molecule has 0 unspecified atom stereocenters. The Kier molecular flexibility index (Phi) is 5.78. The predicted octanol–water partition coefficient (Wildman–Crippen LogP) is 1.74. The van der Waals surface area contributed by atoms with Gasteiger partial charge >= 0.3 is 6.36 Å². The van der Waals surface area contributed by atoms with Crippen molar-refractivity contribution in [2.45, 2.75) is 25.2 Å². The lowest BCUT2D eigenvalue weighted by Gasteiger charge is -2.20. The maximum atomic E-state index is 12.4. The number of nitrogens with two attached hydrogens (primary N) is 1. The first-order valence-electron chi connectivity index (χ1n) is 7.45. The van der Waals surface area contributed by atoms with Crippen molar-refractivity contribution >= 4 is 21.7 Å². The molecular weight excluding hydrogens is 361 g/mol. The van der Waals surface area contributed by atoms with E-state index < -0.39 is 22.1 Å². The van der Waals surface area contributed by atoms with Crippen LogP contribution >= 0.6 is 0 Å². The summed E-state index contributed by atoms with van der Waals surface area (Å²) in [4.78, 5) is 4.04. The van der Waals surface area contributed by atoms with Gasteiger partial charge in [-0.15, -0.1) is 13.2 Å². The molecule has 0 amide bonds. The predicted molar refractivity (Wildman–Crippen MR) is 87.8 cm³/mol. The topological polar surface area (TPSA) is 97.0 Å². The van der Waals surface area contributed by atoms with Crippen LogP contribution in [0.5, 0.6) is 5.75 Å². The molecule has 140 valence electrons. The van der Waals surface area contributed by atoms with Gasteiger partial charge in [-0.25, -0.2) is 8.42 Å². The molecule has 1 fully saturated rings. The van der Waals surface area contributed by atoms with Crippen molar-refractivity contribution < 1.29 is 26.3 Å². The van der Waals surface area contributed by atoms with Crippen LogP contribution in [0.25, 0.3) is 0 Å². The third-order valence-corrected chi connectivity index (χ3v) is 4.93. The summed E-state index contributed by atoms with van der Waals surface area (Å²) in [7, 11) is -3.33. The monoisotopic (exact) mass is 380 g/mol. The molecule has 0 spiro atoms. The lowest BCUT2D eigenvalue weighted by molar-refractivity contribution is -0.274. The van der Waals surface area contributed by atoms with E-state index in [0.717, 1.165) is 18.7 Å². The van der Waals surface area contributed by atoms with Gasteiger partial charge < -0.3 is 15.8 Å². The van der Waals surface area contributed by atoms with Gasteiger partial charge in [0.05, 0.1) is 18.5 Å². The summed E-state index contributed by atoms with van der Waals surface area (Å²) in [5.74, 6) is -0.564. The normalized spacial score (nSPS) is 19.8. The van der Waals surface area contributed by atoms with Crippen molar-refractivity contribution in [1.29, 1.82) is 0 Å². The van der Waals surface area contributed by atoms with Crippen molar-refractivity contribution in [1.82, 2.24) is 4.31 Å². The van der Waals surface area contributed by atoms with Gasteiger partial charge in [-0.3, -0.25) is 4.99 Å². The van der Waals surface area contributed by atoms with Crippen LogP contribution in [-0.4, -0.2) is 50.4 Å². The summed E-state index contributed by atoms with van der Waals surface area (Å²) in [6.07, 6.45) is -2.33. The molecule has 3 N–H and O–H groups in total. The Morgan fingerprint density at radius 3 is 2.76 bits per heavy atom. The van der Waals surface area contributed by atoms with Crippen molar-refractivity contribution in [2.24, 2.45) is 10.7 Å². The van der Waals surface area contributed by atoms with E-state index in [0.29, 0.717) is 13.0 Å². The Morgan fingerprint density at radius 2 is 2.12 bits per heavy atom. The number of alkyl halides is 3. The van der Waals surface area contributed by atoms with Crippen molar-refractivity contribution in [2.75, 3.05) is 24.7 Å². The summed E-state index contributed by atoms with van der Waals surface area (Å²) in [6, 6.07) is 5.10. The number of anilines is 1. The summed E-state index contributed by atoms with van der Waals surface area (Å²) in [5.41, 5.74) is 5.71. The highest BCUT2D eigenvalue weighted by Crippen LogP contribution is 2.29. The second-order valence-corrected chi connectivity index (χ2v) is 7.50. The fraction of sp³-hybridized carbons (Fsp3) is 0.500. The third-order valence-electron chi connectivity index (χ3n) is 3.60. The molecule has 0 bridgehead atoms. The van der Waals surface area contributed by atoms with Crippen LogP contribution in [0.3, 0.4) is 0 Å². The Balaban J connectivity index is 2.05. The molecule has 0 radical (unpaired) electrons. The van der Waals surface area contributed by atoms with E-state index in [1.54, 1.807) is 0 Å². The first kappa shape index (κ1) is 19.3. The molecule has 0 aromatic heterocycles. The Bertz CT molecular complexity index is 737. The third kappa shape index (κ3) is 5.78. The van der Waals surface area contributed by atoms with Crippen LogP contribution in [0, 0.1) is 0 Å². The highest BCUT2D eigenvalue weighted by Gasteiger charge is 2.32. The van der Waals surface area contributed by atoms with Gasteiger partial charge in [0, 0.05) is 12.6 Å². The number of halogens is 3. The number of rotatable bonds is 5. The number of hydrogen-bond donors (Lipinski definition) is 2. The van der Waals surface area contributed by atoms with E-state index in [2.05, 4.69) is 15.0 Å². The fourth-order valence-corrected chi connectivity index (χ4v) is 3.77. The van der Waals surface area contributed by atoms with E-state index in [1.165, 1.54) is 22.5 Å². The Labute approximate surface area is 143 Å². The van der Waals surface area contributed by atoms with Gasteiger partial charge in [0.15, 0.2) is 11.7 Å². The largest absolute Gasteiger partial charge is 0.573 e. The number of sulfonamides is 1. The van der Waals surface area contributed by atoms with Gasteiger partial charge in [-0.05, 0) is 25.0 Å². The number of benzene rings is 1. The van der Waals surface area contributed by atoms with E-state index in [9.17, 15) is 21.6 Å². The molecule has 2 rings (SSSR count). The van der Waals surface area contributed by atoms with Crippen LogP contribution in [0.4, 0.5) is 18.9 Å². The van der Waals surface area contributed by atoms with E-state index in [1.807, 2.05) is 0 Å². The zero-order chi connectivity index (χ0) is 18.7. The second-order valence-electron chi connectivity index (χ2n) is 5.56. The minimum absolute atomic E-state index is 0.00691. The maximum Gasteiger partial charge on any atom is 0.573 e. The van der Waals surface area contributed by atoms with Gasteiger partial charge in [0.2, 0.25) is 10.0 Å². The van der Waals surface area contributed by atoms with E-state index in [4.69, 9.17) is 5.73 Å². The van der Waals surface area contributed by atoms with Gasteiger partial charge in [-0.2, -0.15) is 4.31 Å². The van der Waals surface area contributed by atoms with Gasteiger partial charge in [0.25, 0.3) is 0 Å². The van der Waals surface area contributed by atoms with Crippen molar-refractivity contribution in [3.8, 4) is 5.75 Å². The second kappa shape index (κ2) is 7.48. The van der Waals surface area contributed by atoms with Crippen LogP contribution in [-0.2, 0) is 10.0 Å². The minimum Gasteiger partial charge on any atom is -0.404 e. The molecule has 1 aromatic rings. The SMILES string of the molecule is CS(=O)(=O)N1CCC[C@@H]1CN=C(N)Nc1ccccc1OC(F)(F)F. The molecule has 1 aromatic carbocycles. The summed E-state index contributed by atoms with van der Waals surface area (Å²) >= 11 is 0. The average molecular weight is 380 g/mol. The lowest BCUT2D eigenvalue weighted by Crippen LogP contribution is -2.37. The quantitative estimate of drug-likeness (QED) is 0.599. The molecule has 0 saturated carbocycles. The number of hydrogen-bond acceptors (Lipinski definition) is 4. The van der Waals surface area contributed by atoms with Gasteiger partial charge in [0.1, 0.15) is 0 Å². The summed E-state index contributed by atoms with van der Waals surface area (Å²) in [5, 5.41) is 2.55. The minimum atomic E-state index is -4.83. The number of para-hydroxylation sites is 2. The lowest BCUT2D eigenvalue weighted by atomic mass is 10.2. The average Bonchev–Trinajstić information content (AvgIpc) is 2.94. The molecule has 11 heteroatoms. The number of nitrogens with zero attached hydrogens (tertiary/aromatic N) is 2. The molecule has 1 aliphatic heterocycles. The van der Waals surface area contributed by atoms with Crippen molar-refractivity contribution in [3.05, 3.63) is 24.3 Å².